The Bertz CT molecular complexity index is 457. The molecule has 0 spiro atoms. The highest BCUT2D eigenvalue weighted by atomic mass is 16.3. The normalized spacial score (nSPS) is 11.5. The molecule has 1 aromatic carbocycles. The first-order valence-corrected chi connectivity index (χ1v) is 5.40. The Morgan fingerprint density at radius 2 is 2.07 bits per heavy atom. The number of fused-ring (bicyclic) bond motifs is 1. The fourth-order valence-corrected chi connectivity index (χ4v) is 1.76. The number of furan rings is 1. The van der Waals surface area contributed by atoms with Crippen molar-refractivity contribution in [1.82, 2.24) is 0 Å². The van der Waals surface area contributed by atoms with Crippen molar-refractivity contribution in [3.8, 4) is 0 Å². The molecule has 2 N–H and O–H groups in total. The van der Waals surface area contributed by atoms with Crippen LogP contribution in [0.1, 0.15) is 25.2 Å². The van der Waals surface area contributed by atoms with Crippen molar-refractivity contribution in [2.45, 2.75) is 26.8 Å². The summed E-state index contributed by atoms with van der Waals surface area (Å²) < 4.78 is 5.77. The third-order valence-electron chi connectivity index (χ3n) is 2.48. The van der Waals surface area contributed by atoms with Gasteiger partial charge >= 0.3 is 0 Å². The highest BCUT2D eigenvalue weighted by Crippen LogP contribution is 2.22. The summed E-state index contributed by atoms with van der Waals surface area (Å²) in [7, 11) is 0. The lowest BCUT2D eigenvalue weighted by atomic mass is 10.1. The van der Waals surface area contributed by atoms with Gasteiger partial charge in [-0.05, 0) is 23.6 Å². The molecule has 2 rings (SSSR count). The van der Waals surface area contributed by atoms with Gasteiger partial charge in [0.1, 0.15) is 11.3 Å². The lowest BCUT2D eigenvalue weighted by molar-refractivity contribution is 0.499. The second-order valence-corrected chi connectivity index (χ2v) is 4.39. The molecule has 0 bridgehead atoms. The predicted molar refractivity (Wildman–Crippen MR) is 62.6 cm³/mol. The Hall–Kier alpha value is -1.28. The van der Waals surface area contributed by atoms with E-state index in [1.807, 2.05) is 6.07 Å². The van der Waals surface area contributed by atoms with Gasteiger partial charge in [0.15, 0.2) is 0 Å². The minimum Gasteiger partial charge on any atom is -0.461 e. The van der Waals surface area contributed by atoms with Gasteiger partial charge < -0.3 is 10.2 Å². The van der Waals surface area contributed by atoms with E-state index in [1.165, 1.54) is 5.39 Å². The molecule has 0 radical (unpaired) electrons. The summed E-state index contributed by atoms with van der Waals surface area (Å²) in [5.74, 6) is 1.69. The first-order chi connectivity index (χ1) is 7.19. The van der Waals surface area contributed by atoms with Crippen molar-refractivity contribution in [2.75, 3.05) is 0 Å². The maximum atomic E-state index is 5.77. The number of hydrogen-bond donors (Lipinski definition) is 1. The highest BCUT2D eigenvalue weighted by molar-refractivity contribution is 5.78. The van der Waals surface area contributed by atoms with E-state index < -0.39 is 0 Å². The zero-order valence-corrected chi connectivity index (χ0v) is 9.29. The van der Waals surface area contributed by atoms with E-state index in [4.69, 9.17) is 10.2 Å². The molecule has 0 atom stereocenters. The van der Waals surface area contributed by atoms with Crippen molar-refractivity contribution in [3.05, 3.63) is 35.6 Å². The molecule has 0 amide bonds. The largest absolute Gasteiger partial charge is 0.461 e. The zero-order chi connectivity index (χ0) is 10.8. The summed E-state index contributed by atoms with van der Waals surface area (Å²) in [5.41, 5.74) is 7.66. The molecule has 0 aliphatic heterocycles. The lowest BCUT2D eigenvalue weighted by Gasteiger charge is -1.98. The predicted octanol–water partition coefficient (Wildman–Crippen LogP) is 3.09. The van der Waals surface area contributed by atoms with Crippen LogP contribution < -0.4 is 5.73 Å². The van der Waals surface area contributed by atoms with Gasteiger partial charge in [-0.3, -0.25) is 0 Å². The van der Waals surface area contributed by atoms with Crippen molar-refractivity contribution >= 4 is 11.0 Å². The first-order valence-electron chi connectivity index (χ1n) is 5.40. The van der Waals surface area contributed by atoms with Gasteiger partial charge in [0, 0.05) is 18.4 Å². The molecule has 80 valence electrons. The molecule has 0 aliphatic rings. The zero-order valence-electron chi connectivity index (χ0n) is 9.29. The summed E-state index contributed by atoms with van der Waals surface area (Å²) in [6.45, 7) is 4.95. The summed E-state index contributed by atoms with van der Waals surface area (Å²) in [5, 5.41) is 1.17. The Balaban J connectivity index is 2.37. The summed E-state index contributed by atoms with van der Waals surface area (Å²) in [6, 6.07) is 8.27. The van der Waals surface area contributed by atoms with Crippen molar-refractivity contribution < 1.29 is 4.42 Å². The topological polar surface area (TPSA) is 39.2 Å². The van der Waals surface area contributed by atoms with Crippen LogP contribution in [0.3, 0.4) is 0 Å². The average Bonchev–Trinajstić information content (AvgIpc) is 2.57. The van der Waals surface area contributed by atoms with Crippen LogP contribution in [0.2, 0.25) is 0 Å². The maximum absolute atomic E-state index is 5.77. The van der Waals surface area contributed by atoms with E-state index in [0.717, 1.165) is 23.3 Å². The van der Waals surface area contributed by atoms with Crippen molar-refractivity contribution in [3.63, 3.8) is 0 Å². The van der Waals surface area contributed by atoms with Gasteiger partial charge in [-0.15, -0.1) is 0 Å². The number of rotatable bonds is 3. The maximum Gasteiger partial charge on any atom is 0.134 e. The van der Waals surface area contributed by atoms with Crippen LogP contribution in [0.5, 0.6) is 0 Å². The average molecular weight is 203 g/mol. The van der Waals surface area contributed by atoms with Gasteiger partial charge in [0.25, 0.3) is 0 Å². The lowest BCUT2D eigenvalue weighted by Crippen LogP contribution is -1.94. The molecule has 1 heterocycles. The van der Waals surface area contributed by atoms with Crippen molar-refractivity contribution in [2.24, 2.45) is 11.7 Å². The molecule has 1 aromatic heterocycles. The van der Waals surface area contributed by atoms with Crippen LogP contribution in [0.15, 0.2) is 28.7 Å². The van der Waals surface area contributed by atoms with Crippen LogP contribution >= 0.6 is 0 Å². The summed E-state index contributed by atoms with van der Waals surface area (Å²) in [6.07, 6.45) is 0.993. The van der Waals surface area contributed by atoms with Crippen LogP contribution in [0, 0.1) is 5.92 Å². The van der Waals surface area contributed by atoms with Gasteiger partial charge in [0.05, 0.1) is 0 Å². The second-order valence-electron chi connectivity index (χ2n) is 4.39. The third-order valence-corrected chi connectivity index (χ3v) is 2.48. The van der Waals surface area contributed by atoms with Gasteiger partial charge in [-0.2, -0.15) is 0 Å². The molecule has 0 unspecified atom stereocenters. The van der Waals surface area contributed by atoms with Gasteiger partial charge in [-0.1, -0.05) is 26.0 Å². The Labute approximate surface area is 90.1 Å². The smallest absolute Gasteiger partial charge is 0.134 e. The molecule has 0 aliphatic carbocycles. The molecule has 0 saturated carbocycles. The quantitative estimate of drug-likeness (QED) is 0.832. The van der Waals surface area contributed by atoms with E-state index in [1.54, 1.807) is 0 Å². The first kappa shape index (κ1) is 10.2. The van der Waals surface area contributed by atoms with E-state index in [0.29, 0.717) is 12.5 Å². The molecule has 2 aromatic rings. The molecular weight excluding hydrogens is 186 g/mol. The van der Waals surface area contributed by atoms with Crippen LogP contribution in [-0.4, -0.2) is 0 Å². The van der Waals surface area contributed by atoms with E-state index in [9.17, 15) is 0 Å². The standard InChI is InChI=1S/C13H17NO/c1-9(2)5-12-7-11-4-3-10(8-14)6-13(11)15-12/h3-4,6-7,9H,5,8,14H2,1-2H3. The third kappa shape index (κ3) is 2.21. The Morgan fingerprint density at radius 1 is 1.27 bits per heavy atom. The molecular formula is C13H17NO. The molecule has 2 nitrogen and oxygen atoms in total. The highest BCUT2D eigenvalue weighted by Gasteiger charge is 2.05. The minimum atomic E-state index is 0.566. The van der Waals surface area contributed by atoms with Crippen LogP contribution in [0.4, 0.5) is 0 Å². The number of benzene rings is 1. The SMILES string of the molecule is CC(C)Cc1cc2ccc(CN)cc2o1. The fraction of sp³-hybridized carbons (Fsp3) is 0.385. The Morgan fingerprint density at radius 3 is 2.73 bits per heavy atom. The fourth-order valence-electron chi connectivity index (χ4n) is 1.76. The monoisotopic (exact) mass is 203 g/mol. The van der Waals surface area contributed by atoms with Gasteiger partial charge in [-0.25, -0.2) is 0 Å². The molecule has 0 fully saturated rings. The van der Waals surface area contributed by atoms with Crippen molar-refractivity contribution in [1.29, 1.82) is 0 Å². The molecule has 0 saturated heterocycles. The molecule has 2 heteroatoms. The van der Waals surface area contributed by atoms with E-state index in [2.05, 4.69) is 32.0 Å². The summed E-state index contributed by atoms with van der Waals surface area (Å²) >= 11 is 0. The molecule has 15 heavy (non-hydrogen) atoms. The Kier molecular flexibility index (Phi) is 2.78. The van der Waals surface area contributed by atoms with E-state index >= 15 is 0 Å². The number of nitrogens with two attached hydrogens (primary N) is 1. The van der Waals surface area contributed by atoms with Crippen LogP contribution in [0.25, 0.3) is 11.0 Å². The summed E-state index contributed by atoms with van der Waals surface area (Å²) in [4.78, 5) is 0. The second kappa shape index (κ2) is 4.07. The number of hydrogen-bond acceptors (Lipinski definition) is 2. The van der Waals surface area contributed by atoms with Crippen LogP contribution in [-0.2, 0) is 13.0 Å². The minimum absolute atomic E-state index is 0.566. The van der Waals surface area contributed by atoms with Gasteiger partial charge in [0.2, 0.25) is 0 Å². The van der Waals surface area contributed by atoms with E-state index in [-0.39, 0.29) is 0 Å².